The van der Waals surface area contributed by atoms with Crippen LogP contribution in [0.2, 0.25) is 0 Å². The predicted molar refractivity (Wildman–Crippen MR) is 140 cm³/mol. The summed E-state index contributed by atoms with van der Waals surface area (Å²) in [5.41, 5.74) is 6.81. The van der Waals surface area contributed by atoms with E-state index in [4.69, 9.17) is 15.9 Å². The SMILES string of the molecule is CNC(=O)C[C@H](NS(=O)(=O)c1ccc(OC)cc1)C(=O)N1CCC[C@H]1C(=O)NCc1ccc(C(=N)N)cc1. The van der Waals surface area contributed by atoms with Gasteiger partial charge in [0, 0.05) is 25.7 Å². The molecule has 3 rings (SSSR count). The monoisotopic (exact) mass is 544 g/mol. The number of rotatable bonds is 11. The molecule has 3 amide bonds. The molecule has 0 saturated carbocycles. The lowest BCUT2D eigenvalue weighted by Crippen LogP contribution is -2.54. The molecule has 0 unspecified atom stereocenters. The van der Waals surface area contributed by atoms with Crippen molar-refractivity contribution < 1.29 is 27.5 Å². The maximum Gasteiger partial charge on any atom is 0.243 e. The third-order valence-corrected chi connectivity index (χ3v) is 7.69. The topological polar surface area (TPSA) is 184 Å². The molecular formula is C25H32N6O6S. The van der Waals surface area contributed by atoms with Crippen LogP contribution in [0.4, 0.5) is 0 Å². The maximum atomic E-state index is 13.5. The van der Waals surface area contributed by atoms with Crippen LogP contribution in [0, 0.1) is 5.41 Å². The summed E-state index contributed by atoms with van der Waals surface area (Å²) in [5.74, 6) is -1.18. The van der Waals surface area contributed by atoms with Crippen LogP contribution >= 0.6 is 0 Å². The first kappa shape index (κ1) is 28.6. The Balaban J connectivity index is 1.73. The molecule has 1 aliphatic rings. The second-order valence-electron chi connectivity index (χ2n) is 8.74. The van der Waals surface area contributed by atoms with Crippen molar-refractivity contribution in [3.63, 3.8) is 0 Å². The summed E-state index contributed by atoms with van der Waals surface area (Å²) in [6, 6.07) is 10.2. The molecule has 12 nitrogen and oxygen atoms in total. The Kier molecular flexibility index (Phi) is 9.42. The molecule has 2 aromatic rings. The molecule has 1 aliphatic heterocycles. The van der Waals surface area contributed by atoms with E-state index in [0.717, 1.165) is 5.56 Å². The highest BCUT2D eigenvalue weighted by Gasteiger charge is 2.39. The van der Waals surface area contributed by atoms with E-state index in [1.54, 1.807) is 24.3 Å². The number of benzene rings is 2. The average molecular weight is 545 g/mol. The molecular weight excluding hydrogens is 512 g/mol. The Morgan fingerprint density at radius 2 is 1.79 bits per heavy atom. The van der Waals surface area contributed by atoms with Crippen LogP contribution in [0.5, 0.6) is 5.75 Å². The molecule has 6 N–H and O–H groups in total. The molecule has 38 heavy (non-hydrogen) atoms. The first-order valence-corrected chi connectivity index (χ1v) is 13.4. The number of nitrogens with two attached hydrogens (primary N) is 1. The Bertz CT molecular complexity index is 1280. The smallest absolute Gasteiger partial charge is 0.243 e. The normalized spacial score (nSPS) is 15.9. The van der Waals surface area contributed by atoms with Crippen molar-refractivity contribution in [2.45, 2.75) is 42.8 Å². The highest BCUT2D eigenvalue weighted by atomic mass is 32.2. The quantitative estimate of drug-likeness (QED) is 0.196. The van der Waals surface area contributed by atoms with Crippen LogP contribution in [0.25, 0.3) is 0 Å². The minimum atomic E-state index is -4.16. The predicted octanol–water partition coefficient (Wildman–Crippen LogP) is 0.0697. The van der Waals surface area contributed by atoms with Gasteiger partial charge in [0.25, 0.3) is 0 Å². The molecule has 0 radical (unpaired) electrons. The number of nitrogen functional groups attached to an aromatic ring is 1. The zero-order chi connectivity index (χ0) is 27.9. The first-order chi connectivity index (χ1) is 18.1. The number of likely N-dealkylation sites (tertiary alicyclic amines) is 1. The van der Waals surface area contributed by atoms with E-state index in [9.17, 15) is 22.8 Å². The van der Waals surface area contributed by atoms with E-state index >= 15 is 0 Å². The summed E-state index contributed by atoms with van der Waals surface area (Å²) >= 11 is 0. The van der Waals surface area contributed by atoms with Gasteiger partial charge in [-0.25, -0.2) is 8.42 Å². The zero-order valence-electron chi connectivity index (χ0n) is 21.2. The number of hydrogen-bond acceptors (Lipinski definition) is 7. The summed E-state index contributed by atoms with van der Waals surface area (Å²) in [5, 5.41) is 12.7. The van der Waals surface area contributed by atoms with Crippen molar-refractivity contribution in [2.24, 2.45) is 5.73 Å². The maximum absolute atomic E-state index is 13.5. The third-order valence-electron chi connectivity index (χ3n) is 6.20. The number of nitrogens with one attached hydrogen (secondary N) is 4. The van der Waals surface area contributed by atoms with Gasteiger partial charge in [-0.3, -0.25) is 19.8 Å². The summed E-state index contributed by atoms with van der Waals surface area (Å²) in [6.45, 7) is 0.444. The van der Waals surface area contributed by atoms with Crippen LogP contribution < -0.4 is 25.8 Å². The van der Waals surface area contributed by atoms with Gasteiger partial charge >= 0.3 is 0 Å². The van der Waals surface area contributed by atoms with E-state index in [-0.39, 0.29) is 29.7 Å². The van der Waals surface area contributed by atoms with Gasteiger partial charge < -0.3 is 26.0 Å². The molecule has 1 heterocycles. The van der Waals surface area contributed by atoms with Gasteiger partial charge in [0.2, 0.25) is 27.7 Å². The second kappa shape index (κ2) is 12.5. The Morgan fingerprint density at radius 3 is 2.37 bits per heavy atom. The lowest BCUT2D eigenvalue weighted by Gasteiger charge is -2.28. The first-order valence-electron chi connectivity index (χ1n) is 11.9. The van der Waals surface area contributed by atoms with E-state index in [0.29, 0.717) is 24.2 Å². The van der Waals surface area contributed by atoms with Gasteiger partial charge in [-0.2, -0.15) is 4.72 Å². The van der Waals surface area contributed by atoms with E-state index in [1.165, 1.54) is 43.3 Å². The molecule has 1 fully saturated rings. The van der Waals surface area contributed by atoms with Gasteiger partial charge in [-0.1, -0.05) is 24.3 Å². The molecule has 2 aromatic carbocycles. The fourth-order valence-electron chi connectivity index (χ4n) is 4.09. The number of carbonyl (C=O) groups is 3. The van der Waals surface area contributed by atoms with Crippen molar-refractivity contribution in [3.05, 3.63) is 59.7 Å². The number of amides is 3. The van der Waals surface area contributed by atoms with Crippen molar-refractivity contribution in [1.82, 2.24) is 20.3 Å². The highest BCUT2D eigenvalue weighted by molar-refractivity contribution is 7.89. The van der Waals surface area contributed by atoms with E-state index < -0.39 is 40.3 Å². The van der Waals surface area contributed by atoms with Crippen molar-refractivity contribution >= 4 is 33.6 Å². The molecule has 0 spiro atoms. The number of amidine groups is 1. The number of hydrogen-bond donors (Lipinski definition) is 5. The molecule has 0 aliphatic carbocycles. The zero-order valence-corrected chi connectivity index (χ0v) is 22.0. The van der Waals surface area contributed by atoms with Crippen LogP contribution in [-0.4, -0.2) is 69.7 Å². The van der Waals surface area contributed by atoms with E-state index in [2.05, 4.69) is 15.4 Å². The van der Waals surface area contributed by atoms with Crippen molar-refractivity contribution in [3.8, 4) is 5.75 Å². The van der Waals surface area contributed by atoms with E-state index in [1.807, 2.05) is 0 Å². The molecule has 204 valence electrons. The number of sulfonamides is 1. The van der Waals surface area contributed by atoms with Crippen molar-refractivity contribution in [2.75, 3.05) is 20.7 Å². The summed E-state index contributed by atoms with van der Waals surface area (Å²) < 4.78 is 33.4. The lowest BCUT2D eigenvalue weighted by atomic mass is 10.1. The molecule has 1 saturated heterocycles. The highest BCUT2D eigenvalue weighted by Crippen LogP contribution is 2.21. The summed E-state index contributed by atoms with van der Waals surface area (Å²) in [6.07, 6.45) is 0.520. The van der Waals surface area contributed by atoms with Crippen LogP contribution in [0.1, 0.15) is 30.4 Å². The van der Waals surface area contributed by atoms with Crippen LogP contribution in [0.3, 0.4) is 0 Å². The minimum absolute atomic E-state index is 0.0605. The number of methoxy groups -OCH3 is 1. The molecule has 2 atom stereocenters. The number of ether oxygens (including phenoxy) is 1. The largest absolute Gasteiger partial charge is 0.497 e. The standard InChI is InChI=1S/C25H32N6O6S/c1-28-22(32)14-20(30-38(35,36)19-11-9-18(37-2)10-12-19)25(34)31-13-3-4-21(31)24(33)29-15-16-5-7-17(8-6-16)23(26)27/h5-12,20-21,30H,3-4,13-15H2,1-2H3,(H3,26,27)(H,28,32)(H,29,33)/t20-,21-/m0/s1. The van der Waals surface area contributed by atoms with Gasteiger partial charge in [-0.05, 0) is 42.7 Å². The van der Waals surface area contributed by atoms with Crippen LogP contribution in [-0.2, 0) is 31.0 Å². The summed E-state index contributed by atoms with van der Waals surface area (Å²) in [7, 11) is -1.33. The van der Waals surface area contributed by atoms with Gasteiger partial charge in [0.15, 0.2) is 0 Å². The fourth-order valence-corrected chi connectivity index (χ4v) is 5.28. The molecule has 0 aromatic heterocycles. The van der Waals surface area contributed by atoms with Crippen LogP contribution in [0.15, 0.2) is 53.4 Å². The Morgan fingerprint density at radius 1 is 1.13 bits per heavy atom. The van der Waals surface area contributed by atoms with Crippen molar-refractivity contribution in [1.29, 1.82) is 5.41 Å². The van der Waals surface area contributed by atoms with Gasteiger partial charge in [0.1, 0.15) is 23.7 Å². The molecule has 13 heteroatoms. The van der Waals surface area contributed by atoms with Gasteiger partial charge in [-0.15, -0.1) is 0 Å². The Hall–Kier alpha value is -3.97. The lowest BCUT2D eigenvalue weighted by molar-refractivity contribution is -0.140. The Labute approximate surface area is 221 Å². The minimum Gasteiger partial charge on any atom is -0.497 e. The van der Waals surface area contributed by atoms with Gasteiger partial charge in [0.05, 0.1) is 18.4 Å². The number of carbonyl (C=O) groups excluding carboxylic acids is 3. The average Bonchev–Trinajstić information content (AvgIpc) is 3.41. The molecule has 0 bridgehead atoms. The second-order valence-corrected chi connectivity index (χ2v) is 10.5. The number of nitrogens with zero attached hydrogens (tertiary/aromatic N) is 1. The fraction of sp³-hybridized carbons (Fsp3) is 0.360. The third kappa shape index (κ3) is 7.07. The summed E-state index contributed by atoms with van der Waals surface area (Å²) in [4.78, 5) is 39.8.